The van der Waals surface area contributed by atoms with Gasteiger partial charge in [-0.05, 0) is 88.7 Å². The van der Waals surface area contributed by atoms with Crippen LogP contribution < -0.4 is 14.8 Å². The molecule has 3 amide bonds. The zero-order chi connectivity index (χ0) is 27.2. The van der Waals surface area contributed by atoms with Crippen molar-refractivity contribution < 1.29 is 28.2 Å². The number of hydrogen-bond donors (Lipinski definition) is 1. The molecule has 38 heavy (non-hydrogen) atoms. The molecule has 0 aromatic heterocycles. The van der Waals surface area contributed by atoms with E-state index in [2.05, 4.69) is 37.2 Å². The molecule has 1 aliphatic rings. The number of carbonyl (C=O) groups excluding carboxylic acids is 3. The third-order valence-electron chi connectivity index (χ3n) is 5.26. The Morgan fingerprint density at radius 1 is 1.08 bits per heavy atom. The minimum Gasteiger partial charge on any atom is -0.490 e. The van der Waals surface area contributed by atoms with E-state index in [0.29, 0.717) is 39.4 Å². The number of imide groups is 1. The van der Waals surface area contributed by atoms with Crippen molar-refractivity contribution in [2.24, 2.45) is 0 Å². The highest BCUT2D eigenvalue weighted by Crippen LogP contribution is 2.40. The summed E-state index contributed by atoms with van der Waals surface area (Å²) in [5.74, 6) is -0.671. The maximum Gasteiger partial charge on any atom is 0.294 e. The summed E-state index contributed by atoms with van der Waals surface area (Å²) in [6.07, 6.45) is 1.55. The Labute approximate surface area is 239 Å². The number of nitrogens with zero attached hydrogens (tertiary/aromatic N) is 1. The number of thioether (sulfide) groups is 1. The second-order valence-corrected chi connectivity index (χ2v) is 10.7. The fraction of sp³-hybridized carbons (Fsp3) is 0.148. The first-order valence-corrected chi connectivity index (χ1v) is 13.8. The molecule has 0 bridgehead atoms. The molecule has 0 unspecified atom stereocenters. The summed E-state index contributed by atoms with van der Waals surface area (Å²) in [6.45, 7) is 1.74. The highest BCUT2D eigenvalue weighted by molar-refractivity contribution is 9.10. The Morgan fingerprint density at radius 3 is 2.53 bits per heavy atom. The van der Waals surface area contributed by atoms with Crippen LogP contribution in [0.1, 0.15) is 18.1 Å². The lowest BCUT2D eigenvalue weighted by atomic mass is 10.1. The van der Waals surface area contributed by atoms with Gasteiger partial charge in [-0.25, -0.2) is 4.39 Å². The van der Waals surface area contributed by atoms with E-state index in [4.69, 9.17) is 9.47 Å². The molecule has 0 aliphatic carbocycles. The fourth-order valence-electron chi connectivity index (χ4n) is 3.50. The molecular formula is C27H21Br2FN2O5S. The second kappa shape index (κ2) is 12.6. The smallest absolute Gasteiger partial charge is 0.294 e. The van der Waals surface area contributed by atoms with Crippen molar-refractivity contribution in [1.82, 2.24) is 4.90 Å². The molecule has 3 aromatic carbocycles. The van der Waals surface area contributed by atoms with Gasteiger partial charge in [0, 0.05) is 15.7 Å². The van der Waals surface area contributed by atoms with Crippen LogP contribution in [0.4, 0.5) is 14.9 Å². The minimum atomic E-state index is -0.570. The van der Waals surface area contributed by atoms with Gasteiger partial charge in [-0.1, -0.05) is 34.1 Å². The molecule has 11 heteroatoms. The van der Waals surface area contributed by atoms with Crippen molar-refractivity contribution in [3.05, 3.63) is 91.5 Å². The van der Waals surface area contributed by atoms with E-state index in [0.717, 1.165) is 21.1 Å². The van der Waals surface area contributed by atoms with Gasteiger partial charge in [0.05, 0.1) is 16.0 Å². The molecule has 4 rings (SSSR count). The summed E-state index contributed by atoms with van der Waals surface area (Å²) in [4.78, 5) is 38.9. The number of amides is 3. The van der Waals surface area contributed by atoms with E-state index >= 15 is 0 Å². The first-order valence-electron chi connectivity index (χ1n) is 11.4. The Bertz CT molecular complexity index is 1420. The lowest BCUT2D eigenvalue weighted by Gasteiger charge is -2.15. The van der Waals surface area contributed by atoms with Crippen LogP contribution in [0.15, 0.2) is 74.5 Å². The van der Waals surface area contributed by atoms with Crippen molar-refractivity contribution in [1.29, 1.82) is 0 Å². The number of halogens is 3. The summed E-state index contributed by atoms with van der Waals surface area (Å²) in [7, 11) is 0. The maximum atomic E-state index is 14.0. The molecule has 1 heterocycles. The fourth-order valence-corrected chi connectivity index (χ4v) is 5.18. The first-order chi connectivity index (χ1) is 18.2. The van der Waals surface area contributed by atoms with Gasteiger partial charge >= 0.3 is 0 Å². The monoisotopic (exact) mass is 662 g/mol. The van der Waals surface area contributed by atoms with Crippen LogP contribution in [-0.2, 0) is 16.2 Å². The van der Waals surface area contributed by atoms with Crippen LogP contribution in [0.25, 0.3) is 6.08 Å². The quantitative estimate of drug-likeness (QED) is 0.248. The van der Waals surface area contributed by atoms with Crippen molar-refractivity contribution >= 4 is 72.4 Å². The number of ether oxygens (including phenoxy) is 2. The van der Waals surface area contributed by atoms with Crippen LogP contribution in [0, 0.1) is 5.82 Å². The highest BCUT2D eigenvalue weighted by atomic mass is 79.9. The Hall–Kier alpha value is -3.15. The molecule has 1 N–H and O–H groups in total. The van der Waals surface area contributed by atoms with Crippen molar-refractivity contribution in [2.75, 3.05) is 18.5 Å². The maximum absolute atomic E-state index is 14.0. The lowest BCUT2D eigenvalue weighted by molar-refractivity contribution is -0.127. The third kappa shape index (κ3) is 6.83. The summed E-state index contributed by atoms with van der Waals surface area (Å²) in [5, 5.41) is 2.13. The molecule has 1 aliphatic heterocycles. The van der Waals surface area contributed by atoms with Gasteiger partial charge < -0.3 is 14.8 Å². The minimum absolute atomic E-state index is 0.00803. The molecular weight excluding hydrogens is 643 g/mol. The molecule has 0 saturated carbocycles. The number of hydrogen-bond acceptors (Lipinski definition) is 6. The summed E-state index contributed by atoms with van der Waals surface area (Å²) >= 11 is 7.54. The van der Waals surface area contributed by atoms with Gasteiger partial charge in [-0.3, -0.25) is 19.3 Å². The van der Waals surface area contributed by atoms with E-state index in [-0.39, 0.29) is 17.3 Å². The molecule has 7 nitrogen and oxygen atoms in total. The average molecular weight is 664 g/mol. The SMILES string of the molecule is CCOc1cc(/C=C2\SC(=O)N(CC(=O)Nc3ccc(Br)cc3)C2=O)cc(Br)c1OCc1ccccc1F. The zero-order valence-corrected chi connectivity index (χ0v) is 24.0. The average Bonchev–Trinajstić information content (AvgIpc) is 3.13. The van der Waals surface area contributed by atoms with Crippen LogP contribution in [-0.4, -0.2) is 35.1 Å². The largest absolute Gasteiger partial charge is 0.490 e. The van der Waals surface area contributed by atoms with Gasteiger partial charge in [0.15, 0.2) is 11.5 Å². The molecule has 0 atom stereocenters. The van der Waals surface area contributed by atoms with E-state index in [9.17, 15) is 18.8 Å². The van der Waals surface area contributed by atoms with Crippen molar-refractivity contribution in [3.8, 4) is 11.5 Å². The predicted octanol–water partition coefficient (Wildman–Crippen LogP) is 7.00. The summed E-state index contributed by atoms with van der Waals surface area (Å²) < 4.78 is 27.0. The number of carbonyl (C=O) groups is 3. The number of benzene rings is 3. The molecule has 1 saturated heterocycles. The Morgan fingerprint density at radius 2 is 1.82 bits per heavy atom. The van der Waals surface area contributed by atoms with Crippen LogP contribution >= 0.6 is 43.6 Å². The predicted molar refractivity (Wildman–Crippen MR) is 151 cm³/mol. The van der Waals surface area contributed by atoms with E-state index in [1.807, 2.05) is 6.92 Å². The van der Waals surface area contributed by atoms with Gasteiger partial charge in [0.2, 0.25) is 5.91 Å². The second-order valence-electron chi connectivity index (χ2n) is 7.97. The lowest BCUT2D eigenvalue weighted by Crippen LogP contribution is -2.36. The third-order valence-corrected chi connectivity index (χ3v) is 7.29. The highest BCUT2D eigenvalue weighted by Gasteiger charge is 2.36. The first kappa shape index (κ1) is 27.9. The van der Waals surface area contributed by atoms with Crippen LogP contribution in [0.5, 0.6) is 11.5 Å². The molecule has 0 spiro atoms. The summed E-state index contributed by atoms with van der Waals surface area (Å²) in [6, 6.07) is 16.6. The van der Waals surface area contributed by atoms with Crippen LogP contribution in [0.3, 0.4) is 0 Å². The number of nitrogens with one attached hydrogen (secondary N) is 1. The number of rotatable bonds is 9. The van der Waals surface area contributed by atoms with E-state index in [1.54, 1.807) is 60.7 Å². The normalized spacial score (nSPS) is 14.2. The molecule has 196 valence electrons. The standard InChI is InChI=1S/C27H21Br2FN2O5S/c1-2-36-22-12-16(11-20(29)25(22)37-15-17-5-3-4-6-21(17)30)13-23-26(34)32(27(35)38-23)14-24(33)31-19-9-7-18(28)8-10-19/h3-13H,2,14-15H2,1H3,(H,31,33)/b23-13-. The topological polar surface area (TPSA) is 84.9 Å². The number of anilines is 1. The molecule has 1 fully saturated rings. The Kier molecular flexibility index (Phi) is 9.24. The van der Waals surface area contributed by atoms with Gasteiger partial charge in [-0.15, -0.1) is 0 Å². The van der Waals surface area contributed by atoms with Crippen molar-refractivity contribution in [3.63, 3.8) is 0 Å². The van der Waals surface area contributed by atoms with Crippen molar-refractivity contribution in [2.45, 2.75) is 13.5 Å². The molecule has 0 radical (unpaired) electrons. The van der Waals surface area contributed by atoms with Gasteiger partial charge in [0.1, 0.15) is 19.0 Å². The van der Waals surface area contributed by atoms with Gasteiger partial charge in [-0.2, -0.15) is 0 Å². The van der Waals surface area contributed by atoms with E-state index in [1.165, 1.54) is 6.07 Å². The van der Waals surface area contributed by atoms with E-state index < -0.39 is 23.6 Å². The summed E-state index contributed by atoms with van der Waals surface area (Å²) in [5.41, 5.74) is 1.51. The molecule has 3 aromatic rings. The van der Waals surface area contributed by atoms with Gasteiger partial charge in [0.25, 0.3) is 11.1 Å². The Balaban J connectivity index is 1.49. The zero-order valence-electron chi connectivity index (χ0n) is 20.0. The van der Waals surface area contributed by atoms with Crippen LogP contribution in [0.2, 0.25) is 0 Å².